The molecule has 2 rings (SSSR count). The molecule has 0 aromatic heterocycles. The van der Waals surface area contributed by atoms with Gasteiger partial charge in [-0.15, -0.1) is 0 Å². The van der Waals surface area contributed by atoms with Crippen LogP contribution >= 0.6 is 0 Å². The highest BCUT2D eigenvalue weighted by Gasteiger charge is 2.45. The number of methoxy groups -OCH3 is 1. The molecule has 1 aromatic rings. The third-order valence-corrected chi connectivity index (χ3v) is 4.58. The summed E-state index contributed by atoms with van der Waals surface area (Å²) in [6.07, 6.45) is 0.917. The molecule has 1 fully saturated rings. The summed E-state index contributed by atoms with van der Waals surface area (Å²) >= 11 is 0. The minimum atomic E-state index is 0.0891. The van der Waals surface area contributed by atoms with Crippen molar-refractivity contribution in [3.63, 3.8) is 0 Å². The molecule has 4 nitrogen and oxygen atoms in total. The topological polar surface area (TPSA) is 41.6 Å². The molecule has 3 atom stereocenters. The van der Waals surface area contributed by atoms with Crippen molar-refractivity contribution in [2.75, 3.05) is 27.7 Å². The van der Waals surface area contributed by atoms with Crippen LogP contribution in [0.5, 0.6) is 5.75 Å². The van der Waals surface area contributed by atoms with Crippen molar-refractivity contribution in [2.24, 2.45) is 11.8 Å². The van der Waals surface area contributed by atoms with Gasteiger partial charge in [-0.05, 0) is 44.0 Å². The molecular weight excluding hydrogens is 276 g/mol. The van der Waals surface area contributed by atoms with E-state index < -0.39 is 0 Å². The number of hydrogen-bond acceptors (Lipinski definition) is 3. The van der Waals surface area contributed by atoms with E-state index >= 15 is 0 Å². The molecule has 1 amide bonds. The maximum absolute atomic E-state index is 12.4. The highest BCUT2D eigenvalue weighted by molar-refractivity contribution is 5.83. The van der Waals surface area contributed by atoms with Crippen LogP contribution in [-0.2, 0) is 4.79 Å². The van der Waals surface area contributed by atoms with E-state index in [1.165, 1.54) is 0 Å². The monoisotopic (exact) mass is 304 g/mol. The predicted octanol–water partition coefficient (Wildman–Crippen LogP) is 2.50. The average Bonchev–Trinajstić information content (AvgIpc) is 3.26. The highest BCUT2D eigenvalue weighted by atomic mass is 16.5. The van der Waals surface area contributed by atoms with Crippen LogP contribution in [0.3, 0.4) is 0 Å². The van der Waals surface area contributed by atoms with Crippen LogP contribution in [0.4, 0.5) is 0 Å². The zero-order valence-electron chi connectivity index (χ0n) is 14.3. The number of likely N-dealkylation sites (N-methyl/N-ethyl adjacent to an activating group) is 1. The lowest BCUT2D eigenvalue weighted by Crippen LogP contribution is -2.43. The summed E-state index contributed by atoms with van der Waals surface area (Å²) in [6, 6.07) is 8.36. The maximum atomic E-state index is 12.4. The van der Waals surface area contributed by atoms with Crippen molar-refractivity contribution in [3.8, 4) is 5.75 Å². The van der Waals surface area contributed by atoms with Crippen molar-refractivity contribution in [1.82, 2.24) is 10.2 Å². The van der Waals surface area contributed by atoms with Gasteiger partial charge in [0.1, 0.15) is 5.75 Å². The quantitative estimate of drug-likeness (QED) is 0.841. The second-order valence-corrected chi connectivity index (χ2v) is 6.71. The van der Waals surface area contributed by atoms with Gasteiger partial charge in [-0.3, -0.25) is 4.79 Å². The first kappa shape index (κ1) is 16.8. The van der Waals surface area contributed by atoms with Crippen molar-refractivity contribution in [2.45, 2.75) is 32.2 Å². The Bertz CT molecular complexity index is 506. The van der Waals surface area contributed by atoms with E-state index in [1.54, 1.807) is 7.11 Å². The number of carbonyl (C=O) groups is 1. The first-order chi connectivity index (χ1) is 10.5. The SMILES string of the molecule is COc1ccccc1C1CC1C(=O)NCC(C(C)C)N(C)C. The number of para-hydroxylation sites is 1. The molecule has 0 spiro atoms. The Balaban J connectivity index is 1.91. The first-order valence-corrected chi connectivity index (χ1v) is 8.02. The lowest BCUT2D eigenvalue weighted by atomic mass is 10.0. The van der Waals surface area contributed by atoms with E-state index in [4.69, 9.17) is 4.74 Å². The molecule has 1 N–H and O–H groups in total. The minimum absolute atomic E-state index is 0.0891. The Morgan fingerprint density at radius 3 is 2.64 bits per heavy atom. The highest BCUT2D eigenvalue weighted by Crippen LogP contribution is 2.50. The van der Waals surface area contributed by atoms with Crippen LogP contribution < -0.4 is 10.1 Å². The largest absolute Gasteiger partial charge is 0.496 e. The van der Waals surface area contributed by atoms with E-state index in [0.717, 1.165) is 17.7 Å². The van der Waals surface area contributed by atoms with E-state index in [-0.39, 0.29) is 11.8 Å². The molecule has 0 heterocycles. The van der Waals surface area contributed by atoms with Crippen molar-refractivity contribution in [1.29, 1.82) is 0 Å². The molecule has 0 bridgehead atoms. The second-order valence-electron chi connectivity index (χ2n) is 6.71. The number of carbonyl (C=O) groups excluding carboxylic acids is 1. The van der Waals surface area contributed by atoms with Crippen LogP contribution in [0, 0.1) is 11.8 Å². The molecule has 22 heavy (non-hydrogen) atoms. The normalized spacial score (nSPS) is 21.8. The zero-order valence-corrected chi connectivity index (χ0v) is 14.3. The Kier molecular flexibility index (Phi) is 5.46. The molecule has 0 radical (unpaired) electrons. The van der Waals surface area contributed by atoms with E-state index in [9.17, 15) is 4.79 Å². The molecule has 1 aliphatic rings. The summed E-state index contributed by atoms with van der Waals surface area (Å²) in [5.74, 6) is 1.96. The molecule has 4 heteroatoms. The van der Waals surface area contributed by atoms with E-state index in [1.807, 2.05) is 18.2 Å². The Morgan fingerprint density at radius 1 is 1.36 bits per heavy atom. The van der Waals surface area contributed by atoms with Crippen LogP contribution in [0.2, 0.25) is 0 Å². The van der Waals surface area contributed by atoms with Crippen LogP contribution in [0.25, 0.3) is 0 Å². The fourth-order valence-corrected chi connectivity index (χ4v) is 3.15. The summed E-state index contributed by atoms with van der Waals surface area (Å²) in [7, 11) is 5.80. The number of rotatable bonds is 7. The van der Waals surface area contributed by atoms with E-state index in [0.29, 0.717) is 24.4 Å². The van der Waals surface area contributed by atoms with Gasteiger partial charge in [-0.25, -0.2) is 0 Å². The average molecular weight is 304 g/mol. The number of ether oxygens (including phenoxy) is 1. The minimum Gasteiger partial charge on any atom is -0.496 e. The first-order valence-electron chi connectivity index (χ1n) is 8.02. The van der Waals surface area contributed by atoms with Gasteiger partial charge in [0.05, 0.1) is 7.11 Å². The van der Waals surface area contributed by atoms with Gasteiger partial charge in [-0.2, -0.15) is 0 Å². The molecule has 1 saturated carbocycles. The number of amides is 1. The molecule has 1 aromatic carbocycles. The lowest BCUT2D eigenvalue weighted by molar-refractivity contribution is -0.122. The Labute approximate surface area is 133 Å². The summed E-state index contributed by atoms with van der Waals surface area (Å²) < 4.78 is 5.40. The van der Waals surface area contributed by atoms with Crippen LogP contribution in [0.1, 0.15) is 31.7 Å². The smallest absolute Gasteiger partial charge is 0.223 e. The van der Waals surface area contributed by atoms with Crippen molar-refractivity contribution >= 4 is 5.91 Å². The van der Waals surface area contributed by atoms with Crippen molar-refractivity contribution in [3.05, 3.63) is 29.8 Å². The van der Waals surface area contributed by atoms with Gasteiger partial charge >= 0.3 is 0 Å². The predicted molar refractivity (Wildman–Crippen MR) is 89.2 cm³/mol. The van der Waals surface area contributed by atoms with Crippen LogP contribution in [0.15, 0.2) is 24.3 Å². The van der Waals surface area contributed by atoms with Gasteiger partial charge in [-0.1, -0.05) is 32.0 Å². The van der Waals surface area contributed by atoms with Gasteiger partial charge in [0.25, 0.3) is 0 Å². The number of benzene rings is 1. The Hall–Kier alpha value is -1.55. The van der Waals surface area contributed by atoms with E-state index in [2.05, 4.69) is 44.2 Å². The van der Waals surface area contributed by atoms with Crippen LogP contribution in [-0.4, -0.2) is 44.6 Å². The lowest BCUT2D eigenvalue weighted by Gasteiger charge is -2.28. The molecular formula is C18H28N2O2. The second kappa shape index (κ2) is 7.14. The maximum Gasteiger partial charge on any atom is 0.223 e. The van der Waals surface area contributed by atoms with Gasteiger partial charge in [0.15, 0.2) is 0 Å². The summed E-state index contributed by atoms with van der Waals surface area (Å²) in [5.41, 5.74) is 1.15. The fourth-order valence-electron chi connectivity index (χ4n) is 3.15. The summed E-state index contributed by atoms with van der Waals surface area (Å²) in [4.78, 5) is 14.5. The number of nitrogens with zero attached hydrogens (tertiary/aromatic N) is 1. The summed E-state index contributed by atoms with van der Waals surface area (Å²) in [5, 5.41) is 3.12. The number of hydrogen-bond donors (Lipinski definition) is 1. The van der Waals surface area contributed by atoms with Gasteiger partial charge in [0, 0.05) is 18.5 Å². The van der Waals surface area contributed by atoms with Crippen molar-refractivity contribution < 1.29 is 9.53 Å². The molecule has 0 saturated heterocycles. The Morgan fingerprint density at radius 2 is 2.05 bits per heavy atom. The van der Waals surface area contributed by atoms with Gasteiger partial charge < -0.3 is 15.0 Å². The summed E-state index contributed by atoms with van der Waals surface area (Å²) in [6.45, 7) is 5.08. The molecule has 3 unspecified atom stereocenters. The third-order valence-electron chi connectivity index (χ3n) is 4.58. The standard InChI is InChI=1S/C18H28N2O2/c1-12(2)16(20(3)4)11-19-18(21)15-10-14(15)13-8-6-7-9-17(13)22-5/h6-9,12,14-16H,10-11H2,1-5H3,(H,19,21). The fraction of sp³-hybridized carbons (Fsp3) is 0.611. The molecule has 1 aliphatic carbocycles. The molecule has 122 valence electrons. The third kappa shape index (κ3) is 3.80. The number of nitrogens with one attached hydrogen (secondary N) is 1. The van der Waals surface area contributed by atoms with Gasteiger partial charge in [0.2, 0.25) is 5.91 Å². The molecule has 0 aliphatic heterocycles. The zero-order chi connectivity index (χ0) is 16.3.